The van der Waals surface area contributed by atoms with Crippen molar-refractivity contribution in [3.8, 4) is 0 Å². The van der Waals surface area contributed by atoms with Crippen LogP contribution < -0.4 is 0 Å². The van der Waals surface area contributed by atoms with E-state index >= 15 is 0 Å². The molecule has 0 N–H and O–H groups in total. The fraction of sp³-hybridized carbons (Fsp3) is 1.00. The van der Waals surface area contributed by atoms with Crippen LogP contribution in [0.5, 0.6) is 0 Å². The average molecular weight is 242 g/mol. The van der Waals surface area contributed by atoms with Crippen LogP contribution in [0.3, 0.4) is 0 Å². The van der Waals surface area contributed by atoms with Crippen molar-refractivity contribution in [2.75, 3.05) is 12.8 Å². The first-order valence-corrected chi connectivity index (χ1v) is 8.55. The lowest BCUT2D eigenvalue weighted by Crippen LogP contribution is -2.39. The zero-order valence-electron chi connectivity index (χ0n) is 11.8. The van der Waals surface area contributed by atoms with Crippen LogP contribution in [-0.2, 0) is 4.74 Å². The van der Waals surface area contributed by atoms with Gasteiger partial charge < -0.3 is 4.74 Å². The Morgan fingerprint density at radius 3 is 2.38 bits per heavy atom. The lowest BCUT2D eigenvalue weighted by atomic mass is 9.69. The van der Waals surface area contributed by atoms with Gasteiger partial charge in [-0.05, 0) is 37.0 Å². The van der Waals surface area contributed by atoms with Crippen LogP contribution in [0.15, 0.2) is 0 Å². The molecule has 0 spiro atoms. The predicted molar refractivity (Wildman–Crippen MR) is 77.7 cm³/mol. The van der Waals surface area contributed by atoms with Gasteiger partial charge in [-0.2, -0.15) is 0 Å². The zero-order valence-corrected chi connectivity index (χ0v) is 12.8. The van der Waals surface area contributed by atoms with Gasteiger partial charge >= 0.3 is 0 Å². The molecule has 1 nitrogen and oxygen atoms in total. The molecule has 0 aliphatic carbocycles. The van der Waals surface area contributed by atoms with Gasteiger partial charge in [-0.25, -0.2) is 0 Å². The number of rotatable bonds is 5. The summed E-state index contributed by atoms with van der Waals surface area (Å²) in [6, 6.07) is 0.446. The number of ether oxygens (including phenoxy) is 1. The minimum atomic E-state index is 0.191. The van der Waals surface area contributed by atoms with Crippen molar-refractivity contribution in [3.63, 3.8) is 0 Å². The van der Waals surface area contributed by atoms with E-state index in [1.165, 1.54) is 19.0 Å². The minimum absolute atomic E-state index is 0.191. The van der Waals surface area contributed by atoms with Crippen molar-refractivity contribution in [3.05, 3.63) is 0 Å². The Morgan fingerprint density at radius 2 is 2.00 bits per heavy atom. The third-order valence-electron chi connectivity index (χ3n) is 4.39. The second-order valence-corrected chi connectivity index (χ2v) is 6.67. The molecule has 1 fully saturated rings. The molecule has 0 bridgehead atoms. The van der Waals surface area contributed by atoms with E-state index < -0.39 is 0 Å². The summed E-state index contributed by atoms with van der Waals surface area (Å²) in [5.41, 5.74) is 0.191. The fourth-order valence-electron chi connectivity index (χ4n) is 3.81. The first kappa shape index (κ1) is 14.5. The maximum atomic E-state index is 6.42. The van der Waals surface area contributed by atoms with E-state index in [4.69, 9.17) is 4.74 Å². The standard InChI is InChI=1S/C13H28BOP/c1-6-10-11(9(3)4)12(14)15-13(10,7-2)8-16-5/h9-12,16H,6-8,14H2,1-5H3. The Balaban J connectivity index is 2.94. The molecule has 0 aromatic rings. The summed E-state index contributed by atoms with van der Waals surface area (Å²) in [7, 11) is 3.29. The van der Waals surface area contributed by atoms with E-state index in [1.807, 2.05) is 0 Å². The van der Waals surface area contributed by atoms with E-state index in [0.29, 0.717) is 6.00 Å². The Morgan fingerprint density at radius 1 is 1.38 bits per heavy atom. The molecule has 94 valence electrons. The topological polar surface area (TPSA) is 9.23 Å². The molecule has 16 heavy (non-hydrogen) atoms. The summed E-state index contributed by atoms with van der Waals surface area (Å²) < 4.78 is 6.42. The summed E-state index contributed by atoms with van der Waals surface area (Å²) in [6.07, 6.45) is 3.71. The molecule has 1 aliphatic rings. The van der Waals surface area contributed by atoms with Crippen LogP contribution in [0.25, 0.3) is 0 Å². The third-order valence-corrected chi connectivity index (χ3v) is 5.34. The number of hydrogen-bond acceptors (Lipinski definition) is 1. The van der Waals surface area contributed by atoms with Gasteiger partial charge in [0, 0.05) is 6.00 Å². The predicted octanol–water partition coefficient (Wildman–Crippen LogP) is 2.73. The largest absolute Gasteiger partial charge is 0.380 e. The quantitative estimate of drug-likeness (QED) is 0.532. The minimum Gasteiger partial charge on any atom is -0.380 e. The van der Waals surface area contributed by atoms with E-state index in [0.717, 1.165) is 26.3 Å². The van der Waals surface area contributed by atoms with Crippen LogP contribution >= 0.6 is 8.58 Å². The second kappa shape index (κ2) is 5.87. The molecule has 0 radical (unpaired) electrons. The molecule has 1 saturated heterocycles. The molecule has 1 aliphatic heterocycles. The first-order valence-electron chi connectivity index (χ1n) is 6.84. The first-order chi connectivity index (χ1) is 7.52. The van der Waals surface area contributed by atoms with Crippen molar-refractivity contribution in [1.29, 1.82) is 0 Å². The van der Waals surface area contributed by atoms with Gasteiger partial charge in [0.05, 0.1) is 5.60 Å². The van der Waals surface area contributed by atoms with Gasteiger partial charge in [-0.15, -0.1) is 8.58 Å². The van der Waals surface area contributed by atoms with Gasteiger partial charge in [0.15, 0.2) is 0 Å². The van der Waals surface area contributed by atoms with Crippen LogP contribution in [0, 0.1) is 17.8 Å². The van der Waals surface area contributed by atoms with Gasteiger partial charge in [0.25, 0.3) is 0 Å². The summed E-state index contributed by atoms with van der Waals surface area (Å²) in [6.45, 7) is 11.7. The lowest BCUT2D eigenvalue weighted by Gasteiger charge is -2.35. The van der Waals surface area contributed by atoms with Crippen LogP contribution in [0.4, 0.5) is 0 Å². The molecule has 5 atom stereocenters. The highest BCUT2D eigenvalue weighted by Gasteiger charge is 2.51. The highest BCUT2D eigenvalue weighted by molar-refractivity contribution is 7.37. The van der Waals surface area contributed by atoms with E-state index in [2.05, 4.69) is 42.2 Å². The Labute approximate surface area is 104 Å². The SMILES string of the molecule is BC1OC(CC)(CPC)C(CC)C1C(C)C. The van der Waals surface area contributed by atoms with Gasteiger partial charge in [-0.1, -0.05) is 34.1 Å². The second-order valence-electron chi connectivity index (χ2n) is 5.61. The summed E-state index contributed by atoms with van der Waals surface area (Å²) in [5, 5.41) is 0. The number of hydrogen-bond donors (Lipinski definition) is 0. The summed E-state index contributed by atoms with van der Waals surface area (Å²) >= 11 is 0. The van der Waals surface area contributed by atoms with Crippen LogP contribution in [0.2, 0.25) is 0 Å². The average Bonchev–Trinajstić information content (AvgIpc) is 2.51. The Kier molecular flexibility index (Phi) is 5.33. The molecule has 0 aromatic heterocycles. The monoisotopic (exact) mass is 242 g/mol. The Bertz CT molecular complexity index is 222. The lowest BCUT2D eigenvalue weighted by molar-refractivity contribution is -0.0192. The van der Waals surface area contributed by atoms with E-state index in [-0.39, 0.29) is 5.60 Å². The highest BCUT2D eigenvalue weighted by atomic mass is 31.1. The third kappa shape index (κ3) is 2.48. The van der Waals surface area contributed by atoms with E-state index in [9.17, 15) is 0 Å². The molecular weight excluding hydrogens is 214 g/mol. The van der Waals surface area contributed by atoms with E-state index in [1.54, 1.807) is 0 Å². The molecule has 0 saturated carbocycles. The fourth-order valence-corrected chi connectivity index (χ4v) is 5.00. The van der Waals surface area contributed by atoms with Crippen molar-refractivity contribution in [2.24, 2.45) is 17.8 Å². The van der Waals surface area contributed by atoms with Gasteiger partial charge in [-0.3, -0.25) is 0 Å². The molecule has 0 aromatic carbocycles. The molecule has 5 unspecified atom stereocenters. The van der Waals surface area contributed by atoms with Gasteiger partial charge in [0.2, 0.25) is 0 Å². The van der Waals surface area contributed by atoms with Crippen LogP contribution in [-0.4, -0.2) is 32.3 Å². The van der Waals surface area contributed by atoms with Crippen molar-refractivity contribution >= 4 is 16.4 Å². The summed E-state index contributed by atoms with van der Waals surface area (Å²) in [4.78, 5) is 0. The molecular formula is C13H28BOP. The van der Waals surface area contributed by atoms with Gasteiger partial charge in [0.1, 0.15) is 7.85 Å². The van der Waals surface area contributed by atoms with Crippen molar-refractivity contribution in [2.45, 2.75) is 52.1 Å². The summed E-state index contributed by atoms with van der Waals surface area (Å²) in [5.74, 6) is 2.26. The Hall–Kier alpha value is 0.455. The van der Waals surface area contributed by atoms with Crippen molar-refractivity contribution in [1.82, 2.24) is 0 Å². The molecule has 3 heteroatoms. The molecule has 1 rings (SSSR count). The smallest absolute Gasteiger partial charge is 0.139 e. The molecule has 1 heterocycles. The normalized spacial score (nSPS) is 40.2. The maximum Gasteiger partial charge on any atom is 0.139 e. The molecule has 0 amide bonds. The maximum absolute atomic E-state index is 6.42. The zero-order chi connectivity index (χ0) is 12.3. The highest BCUT2D eigenvalue weighted by Crippen LogP contribution is 2.48. The van der Waals surface area contributed by atoms with Crippen LogP contribution in [0.1, 0.15) is 40.5 Å². The van der Waals surface area contributed by atoms with Crippen molar-refractivity contribution < 1.29 is 4.74 Å².